The van der Waals surface area contributed by atoms with Gasteiger partial charge in [-0.05, 0) is 30.2 Å². The van der Waals surface area contributed by atoms with Gasteiger partial charge in [0.25, 0.3) is 5.91 Å². The predicted octanol–water partition coefficient (Wildman–Crippen LogP) is 3.93. The monoisotopic (exact) mass is 369 g/mol. The lowest BCUT2D eigenvalue weighted by Gasteiger charge is -2.25. The molecule has 0 bridgehead atoms. The third-order valence-corrected chi connectivity index (χ3v) is 4.16. The molecule has 27 heavy (non-hydrogen) atoms. The van der Waals surface area contributed by atoms with Gasteiger partial charge in [0.2, 0.25) is 0 Å². The maximum Gasteiger partial charge on any atom is 0.310 e. The summed E-state index contributed by atoms with van der Waals surface area (Å²) >= 11 is 0. The van der Waals surface area contributed by atoms with Crippen molar-refractivity contribution in [2.45, 2.75) is 26.8 Å². The average molecular weight is 369 g/mol. The van der Waals surface area contributed by atoms with Crippen molar-refractivity contribution in [1.82, 2.24) is 4.90 Å². The number of ether oxygens (including phenoxy) is 2. The lowest BCUT2D eigenvalue weighted by Crippen LogP contribution is -2.36. The van der Waals surface area contributed by atoms with Crippen LogP contribution in [0, 0.1) is 5.92 Å². The highest BCUT2D eigenvalue weighted by Crippen LogP contribution is 2.18. The second-order valence-corrected chi connectivity index (χ2v) is 6.47. The SMILES string of the molecule is CCCOc1cccc(C(=O)N(Cc2ccccc2)CC(C)C(=O)OC)c1. The highest BCUT2D eigenvalue weighted by molar-refractivity contribution is 5.94. The third-order valence-electron chi connectivity index (χ3n) is 4.16. The van der Waals surface area contributed by atoms with Crippen molar-refractivity contribution in [3.05, 3.63) is 65.7 Å². The molecule has 0 aliphatic heterocycles. The first kappa shape index (κ1) is 20.5. The highest BCUT2D eigenvalue weighted by atomic mass is 16.5. The van der Waals surface area contributed by atoms with Crippen molar-refractivity contribution in [3.63, 3.8) is 0 Å². The van der Waals surface area contributed by atoms with Gasteiger partial charge in [0.1, 0.15) is 5.75 Å². The van der Waals surface area contributed by atoms with Gasteiger partial charge in [0.15, 0.2) is 0 Å². The average Bonchev–Trinajstić information content (AvgIpc) is 2.71. The van der Waals surface area contributed by atoms with E-state index in [9.17, 15) is 9.59 Å². The quantitative estimate of drug-likeness (QED) is 0.629. The Morgan fingerprint density at radius 3 is 2.48 bits per heavy atom. The summed E-state index contributed by atoms with van der Waals surface area (Å²) in [5.74, 6) is -0.219. The van der Waals surface area contributed by atoms with Crippen molar-refractivity contribution in [2.24, 2.45) is 5.92 Å². The van der Waals surface area contributed by atoms with E-state index in [0.29, 0.717) is 24.5 Å². The van der Waals surface area contributed by atoms with Crippen molar-refractivity contribution < 1.29 is 19.1 Å². The highest BCUT2D eigenvalue weighted by Gasteiger charge is 2.23. The Bertz CT molecular complexity index is 745. The molecule has 0 aliphatic rings. The molecule has 144 valence electrons. The Labute approximate surface area is 160 Å². The minimum atomic E-state index is -0.415. The molecule has 2 aromatic rings. The van der Waals surface area contributed by atoms with Crippen LogP contribution in [0.2, 0.25) is 0 Å². The van der Waals surface area contributed by atoms with Crippen LogP contribution in [0.1, 0.15) is 36.2 Å². The first-order valence-electron chi connectivity index (χ1n) is 9.19. The summed E-state index contributed by atoms with van der Waals surface area (Å²) in [6, 6.07) is 16.9. The van der Waals surface area contributed by atoms with E-state index in [-0.39, 0.29) is 18.4 Å². The molecule has 0 heterocycles. The summed E-state index contributed by atoms with van der Waals surface area (Å²) < 4.78 is 10.5. The van der Waals surface area contributed by atoms with Gasteiger partial charge >= 0.3 is 5.97 Å². The fourth-order valence-corrected chi connectivity index (χ4v) is 2.75. The molecular formula is C22H27NO4. The van der Waals surface area contributed by atoms with Crippen molar-refractivity contribution in [3.8, 4) is 5.75 Å². The number of rotatable bonds is 9. The van der Waals surface area contributed by atoms with Crippen molar-refractivity contribution in [2.75, 3.05) is 20.3 Å². The van der Waals surface area contributed by atoms with Crippen LogP contribution in [-0.4, -0.2) is 37.0 Å². The molecule has 0 spiro atoms. The van der Waals surface area contributed by atoms with Crippen LogP contribution in [0.5, 0.6) is 5.75 Å². The molecule has 5 nitrogen and oxygen atoms in total. The fraction of sp³-hybridized carbons (Fsp3) is 0.364. The van der Waals surface area contributed by atoms with Gasteiger partial charge in [-0.15, -0.1) is 0 Å². The second-order valence-electron chi connectivity index (χ2n) is 6.47. The van der Waals surface area contributed by atoms with E-state index in [1.54, 1.807) is 24.0 Å². The molecule has 0 fully saturated rings. The Morgan fingerprint density at radius 1 is 1.07 bits per heavy atom. The van der Waals surface area contributed by atoms with E-state index in [1.165, 1.54) is 7.11 Å². The van der Waals surface area contributed by atoms with E-state index in [2.05, 4.69) is 0 Å². The molecule has 0 aliphatic carbocycles. The Balaban J connectivity index is 2.22. The summed E-state index contributed by atoms with van der Waals surface area (Å²) in [6.45, 7) is 5.09. The van der Waals surface area contributed by atoms with E-state index < -0.39 is 5.92 Å². The van der Waals surface area contributed by atoms with Crippen LogP contribution in [0.25, 0.3) is 0 Å². The van der Waals surface area contributed by atoms with Gasteiger partial charge in [-0.2, -0.15) is 0 Å². The van der Waals surface area contributed by atoms with Crippen LogP contribution in [-0.2, 0) is 16.1 Å². The van der Waals surface area contributed by atoms with Gasteiger partial charge in [-0.1, -0.05) is 50.2 Å². The Morgan fingerprint density at radius 2 is 1.81 bits per heavy atom. The normalized spacial score (nSPS) is 11.5. The van der Waals surface area contributed by atoms with Crippen LogP contribution in [0.4, 0.5) is 0 Å². The molecule has 1 amide bonds. The number of carbonyl (C=O) groups excluding carboxylic acids is 2. The van der Waals surface area contributed by atoms with Crippen LogP contribution >= 0.6 is 0 Å². The lowest BCUT2D eigenvalue weighted by molar-refractivity contribution is -0.145. The standard InChI is InChI=1S/C22H27NO4/c1-4-13-27-20-12-8-11-19(14-20)21(24)23(15-17(2)22(25)26-3)16-18-9-6-5-7-10-18/h5-12,14,17H,4,13,15-16H2,1-3H3. The minimum Gasteiger partial charge on any atom is -0.494 e. The third kappa shape index (κ3) is 6.13. The summed E-state index contributed by atoms with van der Waals surface area (Å²) in [5, 5.41) is 0. The zero-order chi connectivity index (χ0) is 19.6. The van der Waals surface area contributed by atoms with Crippen LogP contribution in [0.15, 0.2) is 54.6 Å². The molecule has 2 aromatic carbocycles. The van der Waals surface area contributed by atoms with Gasteiger partial charge < -0.3 is 14.4 Å². The smallest absolute Gasteiger partial charge is 0.310 e. The van der Waals surface area contributed by atoms with Gasteiger partial charge in [-0.3, -0.25) is 9.59 Å². The molecule has 0 radical (unpaired) electrons. The number of methoxy groups -OCH3 is 1. The molecule has 0 saturated heterocycles. The number of hydrogen-bond acceptors (Lipinski definition) is 4. The molecule has 0 N–H and O–H groups in total. The maximum absolute atomic E-state index is 13.1. The van der Waals surface area contributed by atoms with Crippen molar-refractivity contribution >= 4 is 11.9 Å². The molecule has 0 aromatic heterocycles. The second kappa shape index (κ2) is 10.4. The fourth-order valence-electron chi connectivity index (χ4n) is 2.75. The largest absolute Gasteiger partial charge is 0.494 e. The van der Waals surface area contributed by atoms with Gasteiger partial charge in [0.05, 0.1) is 19.6 Å². The maximum atomic E-state index is 13.1. The zero-order valence-electron chi connectivity index (χ0n) is 16.2. The van der Waals surface area contributed by atoms with Crippen LogP contribution < -0.4 is 4.74 Å². The molecule has 2 rings (SSSR count). The zero-order valence-corrected chi connectivity index (χ0v) is 16.2. The number of carbonyl (C=O) groups is 2. The van der Waals surface area contributed by atoms with E-state index in [1.807, 2.05) is 49.4 Å². The number of nitrogens with zero attached hydrogens (tertiary/aromatic N) is 1. The summed E-state index contributed by atoms with van der Waals surface area (Å²) in [6.07, 6.45) is 0.898. The Hall–Kier alpha value is -2.82. The Kier molecular flexibility index (Phi) is 7.86. The number of benzene rings is 2. The summed E-state index contributed by atoms with van der Waals surface area (Å²) in [5.41, 5.74) is 1.54. The minimum absolute atomic E-state index is 0.142. The first-order valence-corrected chi connectivity index (χ1v) is 9.19. The first-order chi connectivity index (χ1) is 13.0. The van der Waals surface area contributed by atoms with Crippen LogP contribution in [0.3, 0.4) is 0 Å². The number of hydrogen-bond donors (Lipinski definition) is 0. The van der Waals surface area contributed by atoms with Gasteiger partial charge in [0, 0.05) is 18.7 Å². The van der Waals surface area contributed by atoms with Gasteiger partial charge in [-0.25, -0.2) is 0 Å². The molecule has 1 atom stereocenters. The van der Waals surface area contributed by atoms with Crippen molar-refractivity contribution in [1.29, 1.82) is 0 Å². The lowest BCUT2D eigenvalue weighted by atomic mass is 10.1. The molecule has 5 heteroatoms. The molecule has 1 unspecified atom stereocenters. The van der Waals surface area contributed by atoms with E-state index in [0.717, 1.165) is 12.0 Å². The molecule has 0 saturated carbocycles. The van der Waals surface area contributed by atoms with E-state index >= 15 is 0 Å². The molecular weight excluding hydrogens is 342 g/mol. The van der Waals surface area contributed by atoms with E-state index in [4.69, 9.17) is 9.47 Å². The topological polar surface area (TPSA) is 55.8 Å². The summed E-state index contributed by atoms with van der Waals surface area (Å²) in [7, 11) is 1.36. The summed E-state index contributed by atoms with van der Waals surface area (Å²) in [4.78, 5) is 26.7. The number of esters is 1. The predicted molar refractivity (Wildman–Crippen MR) is 105 cm³/mol. The number of amides is 1.